The van der Waals surface area contributed by atoms with Crippen LogP contribution in [0.1, 0.15) is 17.0 Å². The van der Waals surface area contributed by atoms with Crippen LogP contribution in [0, 0.1) is 0 Å². The third kappa shape index (κ3) is 3.23. The first-order valence-corrected chi connectivity index (χ1v) is 6.04. The molecule has 0 saturated carbocycles. The standard InChI is InChI=1S/C11H10Cl2N4O2/c12-7-1-2-8(13)6(3-7)4-15-11(14)10-9(5-18)16-19-17-10/h1-3,18H,4-5H2,(H2,14,15). The molecule has 0 radical (unpaired) electrons. The largest absolute Gasteiger partial charge is 0.390 e. The molecule has 0 spiro atoms. The van der Waals surface area contributed by atoms with Crippen LogP contribution in [0.3, 0.4) is 0 Å². The maximum atomic E-state index is 9.01. The smallest absolute Gasteiger partial charge is 0.175 e. The van der Waals surface area contributed by atoms with Crippen LogP contribution in [0.25, 0.3) is 0 Å². The van der Waals surface area contributed by atoms with Gasteiger partial charge in [-0.1, -0.05) is 28.4 Å². The number of hydrogen-bond donors (Lipinski definition) is 2. The SMILES string of the molecule is NC(=NCc1cc(Cl)ccc1Cl)c1nonc1CO. The Morgan fingerprint density at radius 2 is 2.16 bits per heavy atom. The van der Waals surface area contributed by atoms with E-state index in [-0.39, 0.29) is 30.4 Å². The number of amidine groups is 1. The first kappa shape index (κ1) is 13.8. The van der Waals surface area contributed by atoms with Gasteiger partial charge in [0.1, 0.15) is 5.69 Å². The lowest BCUT2D eigenvalue weighted by Crippen LogP contribution is -2.16. The average Bonchev–Trinajstić information content (AvgIpc) is 2.88. The van der Waals surface area contributed by atoms with Crippen LogP contribution in [0.5, 0.6) is 0 Å². The zero-order chi connectivity index (χ0) is 13.8. The van der Waals surface area contributed by atoms with Crippen molar-refractivity contribution in [1.29, 1.82) is 0 Å². The fourth-order valence-electron chi connectivity index (χ4n) is 1.41. The van der Waals surface area contributed by atoms with Gasteiger partial charge in [0.25, 0.3) is 0 Å². The van der Waals surface area contributed by atoms with E-state index in [9.17, 15) is 0 Å². The summed E-state index contributed by atoms with van der Waals surface area (Å²) in [5, 5.41) is 17.2. The first-order chi connectivity index (χ1) is 9.11. The summed E-state index contributed by atoms with van der Waals surface area (Å²) in [6.07, 6.45) is 0. The first-order valence-electron chi connectivity index (χ1n) is 5.28. The highest BCUT2D eigenvalue weighted by molar-refractivity contribution is 6.33. The molecule has 0 aliphatic heterocycles. The molecular weight excluding hydrogens is 291 g/mol. The predicted molar refractivity (Wildman–Crippen MR) is 71.1 cm³/mol. The molecule has 100 valence electrons. The molecule has 0 unspecified atom stereocenters. The molecule has 0 saturated heterocycles. The van der Waals surface area contributed by atoms with Crippen molar-refractivity contribution in [1.82, 2.24) is 10.3 Å². The summed E-state index contributed by atoms with van der Waals surface area (Å²) in [7, 11) is 0. The van der Waals surface area contributed by atoms with Crippen molar-refractivity contribution in [2.75, 3.05) is 0 Å². The number of benzene rings is 1. The normalized spacial score (nSPS) is 11.8. The second kappa shape index (κ2) is 6.01. The maximum absolute atomic E-state index is 9.01. The van der Waals surface area contributed by atoms with Gasteiger partial charge in [0.2, 0.25) is 0 Å². The van der Waals surface area contributed by atoms with Gasteiger partial charge in [-0.25, -0.2) is 4.63 Å². The van der Waals surface area contributed by atoms with Crippen molar-refractivity contribution in [3.8, 4) is 0 Å². The molecule has 1 aromatic heterocycles. The minimum atomic E-state index is -0.326. The van der Waals surface area contributed by atoms with Crippen molar-refractivity contribution < 1.29 is 9.74 Å². The summed E-state index contributed by atoms with van der Waals surface area (Å²) in [6.45, 7) is -0.0874. The number of aliphatic imine (C=N–C) groups is 1. The van der Waals surface area contributed by atoms with Crippen molar-refractivity contribution in [3.63, 3.8) is 0 Å². The van der Waals surface area contributed by atoms with Crippen molar-refractivity contribution in [3.05, 3.63) is 45.2 Å². The minimum absolute atomic E-state index is 0.112. The van der Waals surface area contributed by atoms with E-state index in [0.29, 0.717) is 10.0 Å². The van der Waals surface area contributed by atoms with E-state index in [4.69, 9.17) is 34.0 Å². The molecule has 8 heteroatoms. The number of rotatable bonds is 4. The Bertz CT molecular complexity index is 612. The van der Waals surface area contributed by atoms with Crippen LogP contribution in [0.15, 0.2) is 27.8 Å². The molecule has 0 bridgehead atoms. The van der Waals surface area contributed by atoms with Gasteiger partial charge in [-0.3, -0.25) is 4.99 Å². The van der Waals surface area contributed by atoms with Gasteiger partial charge in [-0.15, -0.1) is 0 Å². The van der Waals surface area contributed by atoms with E-state index >= 15 is 0 Å². The van der Waals surface area contributed by atoms with Crippen molar-refractivity contribution >= 4 is 29.0 Å². The Labute approximate surface area is 118 Å². The van der Waals surface area contributed by atoms with Crippen LogP contribution in [-0.4, -0.2) is 21.3 Å². The van der Waals surface area contributed by atoms with E-state index < -0.39 is 0 Å². The number of aliphatic hydroxyl groups excluding tert-OH is 1. The lowest BCUT2D eigenvalue weighted by Gasteiger charge is -2.02. The lowest BCUT2D eigenvalue weighted by molar-refractivity contribution is 0.254. The van der Waals surface area contributed by atoms with E-state index in [1.54, 1.807) is 18.2 Å². The van der Waals surface area contributed by atoms with Gasteiger partial charge in [0, 0.05) is 10.0 Å². The highest BCUT2D eigenvalue weighted by Gasteiger charge is 2.12. The monoisotopic (exact) mass is 300 g/mol. The molecule has 1 heterocycles. The van der Waals surface area contributed by atoms with Crippen LogP contribution < -0.4 is 5.73 Å². The molecule has 0 amide bonds. The highest BCUT2D eigenvalue weighted by Crippen LogP contribution is 2.21. The third-order valence-electron chi connectivity index (χ3n) is 2.38. The van der Waals surface area contributed by atoms with E-state index in [2.05, 4.69) is 19.9 Å². The number of halogens is 2. The van der Waals surface area contributed by atoms with Gasteiger partial charge >= 0.3 is 0 Å². The zero-order valence-electron chi connectivity index (χ0n) is 9.68. The zero-order valence-corrected chi connectivity index (χ0v) is 11.2. The highest BCUT2D eigenvalue weighted by atomic mass is 35.5. The summed E-state index contributed by atoms with van der Waals surface area (Å²) in [6, 6.07) is 5.07. The second-order valence-corrected chi connectivity index (χ2v) is 4.50. The predicted octanol–water partition coefficient (Wildman–Crippen LogP) is 1.77. The molecule has 3 N–H and O–H groups in total. The molecular formula is C11H10Cl2N4O2. The summed E-state index contributed by atoms with van der Waals surface area (Å²) < 4.78 is 4.48. The van der Waals surface area contributed by atoms with Gasteiger partial charge < -0.3 is 10.8 Å². The Hall–Kier alpha value is -1.63. The summed E-state index contributed by atoms with van der Waals surface area (Å²) in [4.78, 5) is 4.13. The molecule has 0 atom stereocenters. The topological polar surface area (TPSA) is 97.5 Å². The number of aliphatic hydroxyl groups is 1. The molecule has 2 rings (SSSR count). The Kier molecular flexibility index (Phi) is 4.36. The van der Waals surface area contributed by atoms with Crippen molar-refractivity contribution in [2.45, 2.75) is 13.2 Å². The molecule has 6 nitrogen and oxygen atoms in total. The molecule has 1 aromatic carbocycles. The van der Waals surface area contributed by atoms with Gasteiger partial charge in [0.05, 0.1) is 13.2 Å². The Morgan fingerprint density at radius 1 is 1.37 bits per heavy atom. The fourth-order valence-corrected chi connectivity index (χ4v) is 1.79. The quantitative estimate of drug-likeness (QED) is 0.662. The third-order valence-corrected chi connectivity index (χ3v) is 2.98. The molecule has 0 fully saturated rings. The Balaban J connectivity index is 2.20. The minimum Gasteiger partial charge on any atom is -0.390 e. The number of nitrogens with two attached hydrogens (primary N) is 1. The van der Waals surface area contributed by atoms with Gasteiger partial charge in [-0.2, -0.15) is 0 Å². The van der Waals surface area contributed by atoms with Crippen LogP contribution in [-0.2, 0) is 13.2 Å². The van der Waals surface area contributed by atoms with Gasteiger partial charge in [-0.05, 0) is 28.9 Å². The lowest BCUT2D eigenvalue weighted by atomic mass is 10.2. The van der Waals surface area contributed by atoms with Crippen LogP contribution in [0.4, 0.5) is 0 Å². The second-order valence-electron chi connectivity index (χ2n) is 3.65. The summed E-state index contributed by atoms with van der Waals surface area (Å²) >= 11 is 11.9. The van der Waals surface area contributed by atoms with Crippen LogP contribution in [0.2, 0.25) is 10.0 Å². The average molecular weight is 301 g/mol. The number of hydrogen-bond acceptors (Lipinski definition) is 5. The summed E-state index contributed by atoms with van der Waals surface area (Å²) in [5.41, 5.74) is 6.94. The Morgan fingerprint density at radius 3 is 2.89 bits per heavy atom. The van der Waals surface area contributed by atoms with E-state index in [1.807, 2.05) is 0 Å². The molecule has 2 aromatic rings. The molecule has 19 heavy (non-hydrogen) atoms. The van der Waals surface area contributed by atoms with E-state index in [0.717, 1.165) is 5.56 Å². The van der Waals surface area contributed by atoms with Gasteiger partial charge in [0.15, 0.2) is 11.5 Å². The summed E-state index contributed by atoms with van der Waals surface area (Å²) in [5.74, 6) is 0.112. The number of aromatic nitrogens is 2. The fraction of sp³-hybridized carbons (Fsp3) is 0.182. The molecule has 0 aliphatic carbocycles. The number of nitrogens with zero attached hydrogens (tertiary/aromatic N) is 3. The van der Waals surface area contributed by atoms with Crippen molar-refractivity contribution in [2.24, 2.45) is 10.7 Å². The molecule has 0 aliphatic rings. The van der Waals surface area contributed by atoms with E-state index in [1.165, 1.54) is 0 Å². The maximum Gasteiger partial charge on any atom is 0.175 e. The van der Waals surface area contributed by atoms with Crippen LogP contribution >= 0.6 is 23.2 Å².